The molecule has 8 heteroatoms. The Morgan fingerprint density at radius 2 is 2.00 bits per heavy atom. The Bertz CT molecular complexity index is 808. The van der Waals surface area contributed by atoms with E-state index < -0.39 is 30.9 Å². The van der Waals surface area contributed by atoms with Crippen molar-refractivity contribution in [1.29, 1.82) is 5.26 Å². The number of hydrogen-bond acceptors (Lipinski definition) is 8. The molecule has 0 aliphatic carbocycles. The van der Waals surface area contributed by atoms with E-state index in [1.807, 2.05) is 6.07 Å². The first-order valence-electron chi connectivity index (χ1n) is 7.79. The molecule has 8 nitrogen and oxygen atoms in total. The predicted octanol–water partition coefficient (Wildman–Crippen LogP) is 0.564. The lowest BCUT2D eigenvalue weighted by molar-refractivity contribution is -0.0837. The molecule has 3 atom stereocenters. The minimum absolute atomic E-state index is 0.0409. The average molecular weight is 361 g/mol. The molecule has 0 aliphatic rings. The third-order valence-electron chi connectivity index (χ3n) is 3.85. The van der Waals surface area contributed by atoms with Crippen LogP contribution in [-0.4, -0.2) is 45.2 Å². The van der Waals surface area contributed by atoms with Crippen LogP contribution in [0.25, 0.3) is 0 Å². The van der Waals surface area contributed by atoms with E-state index in [2.05, 4.69) is 0 Å². The van der Waals surface area contributed by atoms with Crippen LogP contribution in [0.2, 0.25) is 0 Å². The Kier molecular flexibility index (Phi) is 6.49. The molecule has 0 aliphatic heterocycles. The van der Waals surface area contributed by atoms with Gasteiger partial charge in [-0.15, -0.1) is 0 Å². The molecule has 4 N–H and O–H groups in total. The van der Waals surface area contributed by atoms with E-state index in [4.69, 9.17) is 19.5 Å². The number of furan rings is 1. The fourth-order valence-corrected chi connectivity index (χ4v) is 2.32. The molecule has 0 amide bonds. The topological polar surface area (TPSA) is 144 Å². The van der Waals surface area contributed by atoms with Gasteiger partial charge in [-0.3, -0.25) is 0 Å². The minimum atomic E-state index is -1.68. The molecule has 0 unspecified atom stereocenters. The van der Waals surface area contributed by atoms with Crippen molar-refractivity contribution in [2.45, 2.75) is 31.8 Å². The van der Waals surface area contributed by atoms with Gasteiger partial charge in [-0.2, -0.15) is 5.26 Å². The summed E-state index contributed by atoms with van der Waals surface area (Å²) in [5.74, 6) is -0.718. The van der Waals surface area contributed by atoms with E-state index in [-0.39, 0.29) is 23.7 Å². The van der Waals surface area contributed by atoms with Gasteiger partial charge in [0.1, 0.15) is 42.0 Å². The van der Waals surface area contributed by atoms with Gasteiger partial charge in [0, 0.05) is 5.56 Å². The number of ether oxygens (including phenoxy) is 1. The second kappa shape index (κ2) is 8.60. The normalized spacial score (nSPS) is 14.3. The number of rotatable bonds is 7. The summed E-state index contributed by atoms with van der Waals surface area (Å²) in [6, 6.07) is 9.89. The van der Waals surface area contributed by atoms with Gasteiger partial charge in [0.2, 0.25) is 0 Å². The molecular weight excluding hydrogens is 342 g/mol. The number of aryl methyl sites for hydroxylation is 1. The van der Waals surface area contributed by atoms with Crippen LogP contribution in [0.3, 0.4) is 0 Å². The van der Waals surface area contributed by atoms with Crippen molar-refractivity contribution >= 4 is 5.97 Å². The summed E-state index contributed by atoms with van der Waals surface area (Å²) in [5, 5.41) is 46.9. The number of carbonyl (C=O) groups is 1. The summed E-state index contributed by atoms with van der Waals surface area (Å²) in [6.45, 7) is 0.618. The maximum Gasteiger partial charge on any atom is 0.342 e. The summed E-state index contributed by atoms with van der Waals surface area (Å²) >= 11 is 0. The molecule has 0 saturated heterocycles. The quantitative estimate of drug-likeness (QED) is 0.524. The number of carbonyl (C=O) groups excluding carboxylic acids is 1. The van der Waals surface area contributed by atoms with Gasteiger partial charge in [0.15, 0.2) is 0 Å². The maximum atomic E-state index is 12.2. The summed E-state index contributed by atoms with van der Waals surface area (Å²) < 4.78 is 10.4. The molecule has 26 heavy (non-hydrogen) atoms. The first-order valence-corrected chi connectivity index (χ1v) is 7.79. The zero-order valence-corrected chi connectivity index (χ0v) is 14.0. The van der Waals surface area contributed by atoms with Gasteiger partial charge in [-0.1, -0.05) is 18.2 Å². The summed E-state index contributed by atoms with van der Waals surface area (Å²) in [5.41, 5.74) is 0.979. The molecule has 138 valence electrons. The lowest BCUT2D eigenvalue weighted by atomic mass is 10.1. The molecular formula is C18H19NO7. The predicted molar refractivity (Wildman–Crippen MR) is 87.8 cm³/mol. The highest BCUT2D eigenvalue weighted by Gasteiger charge is 2.30. The summed E-state index contributed by atoms with van der Waals surface area (Å²) in [7, 11) is 0. The standard InChI is InChI=1S/C18H19NO7/c1-10-13(6-15(26-10)17(23)16(22)14(21)8-20)18(24)25-9-12-5-3-2-4-11(12)7-19/h2-6,14,16-17,20-23H,8-9H2,1H3/t14-,16+,17-/m0/s1. The van der Waals surface area contributed by atoms with Crippen LogP contribution in [0.4, 0.5) is 0 Å². The van der Waals surface area contributed by atoms with Crippen molar-refractivity contribution in [3.05, 3.63) is 58.5 Å². The molecule has 2 rings (SSSR count). The van der Waals surface area contributed by atoms with E-state index in [0.29, 0.717) is 11.1 Å². The highest BCUT2D eigenvalue weighted by atomic mass is 16.5. The van der Waals surface area contributed by atoms with Crippen molar-refractivity contribution in [2.75, 3.05) is 6.61 Å². The molecule has 0 spiro atoms. The number of benzene rings is 1. The fourth-order valence-electron chi connectivity index (χ4n) is 2.32. The van der Waals surface area contributed by atoms with Gasteiger partial charge in [-0.25, -0.2) is 4.79 Å². The van der Waals surface area contributed by atoms with Crippen LogP contribution in [-0.2, 0) is 11.3 Å². The monoisotopic (exact) mass is 361 g/mol. The van der Waals surface area contributed by atoms with Crippen LogP contribution in [0.1, 0.15) is 39.1 Å². The van der Waals surface area contributed by atoms with Crippen molar-refractivity contribution in [2.24, 2.45) is 0 Å². The maximum absolute atomic E-state index is 12.2. The Hall–Kier alpha value is -2.70. The molecule has 0 fully saturated rings. The zero-order chi connectivity index (χ0) is 19.3. The minimum Gasteiger partial charge on any atom is -0.463 e. The van der Waals surface area contributed by atoms with E-state index in [9.17, 15) is 20.1 Å². The molecule has 2 aromatic rings. The summed E-state index contributed by atoms with van der Waals surface area (Å²) in [6.07, 6.45) is -4.87. The first-order chi connectivity index (χ1) is 12.4. The lowest BCUT2D eigenvalue weighted by Crippen LogP contribution is -2.34. The van der Waals surface area contributed by atoms with Gasteiger partial charge in [0.05, 0.1) is 18.2 Å². The second-order valence-corrected chi connectivity index (χ2v) is 5.65. The van der Waals surface area contributed by atoms with Crippen molar-refractivity contribution in [1.82, 2.24) is 0 Å². The lowest BCUT2D eigenvalue weighted by Gasteiger charge is -2.19. The van der Waals surface area contributed by atoms with E-state index >= 15 is 0 Å². The Balaban J connectivity index is 2.10. The average Bonchev–Trinajstić information content (AvgIpc) is 3.06. The van der Waals surface area contributed by atoms with Crippen LogP contribution in [0.5, 0.6) is 0 Å². The third kappa shape index (κ3) is 4.28. The van der Waals surface area contributed by atoms with E-state index in [1.54, 1.807) is 24.3 Å². The Morgan fingerprint density at radius 3 is 2.65 bits per heavy atom. The highest BCUT2D eigenvalue weighted by Crippen LogP contribution is 2.25. The fraction of sp³-hybridized carbons (Fsp3) is 0.333. The van der Waals surface area contributed by atoms with Crippen LogP contribution in [0, 0.1) is 18.3 Å². The van der Waals surface area contributed by atoms with Gasteiger partial charge < -0.3 is 29.6 Å². The first kappa shape index (κ1) is 19.6. The number of hydrogen-bond donors (Lipinski definition) is 4. The zero-order valence-electron chi connectivity index (χ0n) is 14.0. The molecule has 0 radical (unpaired) electrons. The van der Waals surface area contributed by atoms with Crippen molar-refractivity contribution in [3.63, 3.8) is 0 Å². The van der Waals surface area contributed by atoms with Crippen LogP contribution >= 0.6 is 0 Å². The van der Waals surface area contributed by atoms with Crippen molar-refractivity contribution < 1.29 is 34.4 Å². The smallest absolute Gasteiger partial charge is 0.342 e. The number of nitrogens with zero attached hydrogens (tertiary/aromatic N) is 1. The Morgan fingerprint density at radius 1 is 1.31 bits per heavy atom. The SMILES string of the molecule is Cc1oc([C@H](O)[C@H](O)[C@@H](O)CO)cc1C(=O)OCc1ccccc1C#N. The molecule has 1 aromatic heterocycles. The van der Waals surface area contributed by atoms with E-state index in [0.717, 1.165) is 0 Å². The van der Waals surface area contributed by atoms with Gasteiger partial charge in [-0.05, 0) is 19.1 Å². The molecule has 1 aromatic carbocycles. The molecule has 1 heterocycles. The highest BCUT2D eigenvalue weighted by molar-refractivity contribution is 5.90. The van der Waals surface area contributed by atoms with Gasteiger partial charge in [0.25, 0.3) is 0 Å². The number of aliphatic hydroxyl groups is 4. The number of nitriles is 1. The third-order valence-corrected chi connectivity index (χ3v) is 3.85. The Labute approximate surface area is 149 Å². The van der Waals surface area contributed by atoms with Crippen LogP contribution < -0.4 is 0 Å². The van der Waals surface area contributed by atoms with Crippen LogP contribution in [0.15, 0.2) is 34.7 Å². The summed E-state index contributed by atoms with van der Waals surface area (Å²) in [4.78, 5) is 12.2. The van der Waals surface area contributed by atoms with E-state index in [1.165, 1.54) is 13.0 Å². The second-order valence-electron chi connectivity index (χ2n) is 5.65. The number of aliphatic hydroxyl groups excluding tert-OH is 4. The number of esters is 1. The largest absolute Gasteiger partial charge is 0.463 e. The molecule has 0 bridgehead atoms. The van der Waals surface area contributed by atoms with Crippen molar-refractivity contribution in [3.8, 4) is 6.07 Å². The van der Waals surface area contributed by atoms with Gasteiger partial charge >= 0.3 is 5.97 Å². The molecule has 0 saturated carbocycles.